The topological polar surface area (TPSA) is 67.9 Å². The SMILES string of the molecule is CCOC(=O)C(C)(C)Sc1nc2cc(Br)ccc2n1-c1ccc(C#N)c2ccccc12. The fraction of sp³-hybridized carbons (Fsp3) is 0.208. The number of halogens is 1. The molecule has 1 heterocycles. The van der Waals surface area contributed by atoms with Gasteiger partial charge in [0, 0.05) is 15.2 Å². The lowest BCUT2D eigenvalue weighted by Gasteiger charge is -2.22. The molecule has 0 aliphatic heterocycles. The average molecular weight is 494 g/mol. The molecule has 31 heavy (non-hydrogen) atoms. The minimum absolute atomic E-state index is 0.288. The average Bonchev–Trinajstić information content (AvgIpc) is 3.09. The fourth-order valence-corrected chi connectivity index (χ4v) is 4.86. The van der Waals surface area contributed by atoms with Crippen molar-refractivity contribution >= 4 is 55.5 Å². The second kappa shape index (κ2) is 8.37. The van der Waals surface area contributed by atoms with E-state index in [1.54, 1.807) is 6.92 Å². The van der Waals surface area contributed by atoms with E-state index in [0.717, 1.165) is 32.0 Å². The Hall–Kier alpha value is -2.82. The Bertz CT molecular complexity index is 1350. The summed E-state index contributed by atoms with van der Waals surface area (Å²) >= 11 is 4.88. The highest BCUT2D eigenvalue weighted by Crippen LogP contribution is 2.39. The quantitative estimate of drug-likeness (QED) is 0.243. The Labute approximate surface area is 193 Å². The van der Waals surface area contributed by atoms with Gasteiger partial charge >= 0.3 is 5.97 Å². The largest absolute Gasteiger partial charge is 0.465 e. The van der Waals surface area contributed by atoms with E-state index in [4.69, 9.17) is 9.72 Å². The normalized spacial score (nSPS) is 11.6. The molecule has 0 unspecified atom stereocenters. The molecule has 4 rings (SSSR count). The first-order valence-electron chi connectivity index (χ1n) is 9.82. The molecule has 0 saturated carbocycles. The van der Waals surface area contributed by atoms with Crippen LogP contribution in [0.25, 0.3) is 27.5 Å². The Morgan fingerprint density at radius 3 is 2.65 bits per heavy atom. The van der Waals surface area contributed by atoms with Crippen LogP contribution in [0.3, 0.4) is 0 Å². The summed E-state index contributed by atoms with van der Waals surface area (Å²) in [5.74, 6) is -0.288. The fourth-order valence-electron chi connectivity index (χ4n) is 3.48. The minimum atomic E-state index is -0.825. The lowest BCUT2D eigenvalue weighted by molar-refractivity contribution is -0.145. The summed E-state index contributed by atoms with van der Waals surface area (Å²) in [6.07, 6.45) is 0. The van der Waals surface area contributed by atoms with Gasteiger partial charge in [0.1, 0.15) is 4.75 Å². The summed E-state index contributed by atoms with van der Waals surface area (Å²) in [4.78, 5) is 17.4. The molecule has 0 fully saturated rings. The Morgan fingerprint density at radius 1 is 1.19 bits per heavy atom. The van der Waals surface area contributed by atoms with Crippen molar-refractivity contribution in [2.45, 2.75) is 30.7 Å². The zero-order valence-corrected chi connectivity index (χ0v) is 19.8. The van der Waals surface area contributed by atoms with Crippen molar-refractivity contribution < 1.29 is 9.53 Å². The zero-order valence-electron chi connectivity index (χ0n) is 17.3. The molecule has 0 bridgehead atoms. The van der Waals surface area contributed by atoms with Crippen LogP contribution >= 0.6 is 27.7 Å². The molecule has 4 aromatic rings. The van der Waals surface area contributed by atoms with E-state index >= 15 is 0 Å². The van der Waals surface area contributed by atoms with Crippen molar-refractivity contribution in [2.75, 3.05) is 6.61 Å². The van der Waals surface area contributed by atoms with Gasteiger partial charge in [0.05, 0.1) is 35.0 Å². The first kappa shape index (κ1) is 21.4. The second-order valence-corrected chi connectivity index (χ2v) is 9.99. The van der Waals surface area contributed by atoms with Crippen LogP contribution < -0.4 is 0 Å². The van der Waals surface area contributed by atoms with Crippen LogP contribution in [0.1, 0.15) is 26.3 Å². The summed E-state index contributed by atoms with van der Waals surface area (Å²) < 4.78 is 7.43. The number of carbonyl (C=O) groups is 1. The number of benzene rings is 3. The van der Waals surface area contributed by atoms with Gasteiger partial charge in [-0.3, -0.25) is 9.36 Å². The zero-order chi connectivity index (χ0) is 22.2. The summed E-state index contributed by atoms with van der Waals surface area (Å²) in [5, 5.41) is 12.1. The van der Waals surface area contributed by atoms with Crippen LogP contribution in [-0.4, -0.2) is 26.9 Å². The van der Waals surface area contributed by atoms with E-state index < -0.39 is 4.75 Å². The lowest BCUT2D eigenvalue weighted by atomic mass is 10.0. The molecule has 0 saturated heterocycles. The van der Waals surface area contributed by atoms with Crippen molar-refractivity contribution in [3.63, 3.8) is 0 Å². The summed E-state index contributed by atoms with van der Waals surface area (Å²) in [5.41, 5.74) is 3.25. The smallest absolute Gasteiger partial charge is 0.322 e. The van der Waals surface area contributed by atoms with Crippen LogP contribution in [0.5, 0.6) is 0 Å². The third-order valence-corrected chi connectivity index (χ3v) is 6.59. The Kier molecular flexibility index (Phi) is 5.78. The van der Waals surface area contributed by atoms with E-state index in [9.17, 15) is 10.1 Å². The van der Waals surface area contributed by atoms with E-state index in [-0.39, 0.29) is 5.97 Å². The molecule has 0 amide bonds. The summed E-state index contributed by atoms with van der Waals surface area (Å²) in [7, 11) is 0. The Morgan fingerprint density at radius 2 is 1.94 bits per heavy atom. The van der Waals surface area contributed by atoms with Crippen molar-refractivity contribution in [3.8, 4) is 11.8 Å². The Balaban J connectivity index is 1.98. The molecule has 3 aromatic carbocycles. The third-order valence-electron chi connectivity index (χ3n) is 4.96. The maximum Gasteiger partial charge on any atom is 0.322 e. The first-order chi connectivity index (χ1) is 14.9. The van der Waals surface area contributed by atoms with Crippen molar-refractivity contribution in [1.82, 2.24) is 9.55 Å². The van der Waals surface area contributed by atoms with Gasteiger partial charge in [0.25, 0.3) is 0 Å². The van der Waals surface area contributed by atoms with Crippen LogP contribution in [0.2, 0.25) is 0 Å². The van der Waals surface area contributed by atoms with E-state index in [2.05, 4.69) is 26.6 Å². The van der Waals surface area contributed by atoms with Crippen molar-refractivity contribution in [3.05, 3.63) is 64.6 Å². The maximum atomic E-state index is 12.6. The molecular weight excluding hydrogens is 474 g/mol. The van der Waals surface area contributed by atoms with Gasteiger partial charge < -0.3 is 4.74 Å². The molecule has 0 radical (unpaired) electrons. The highest BCUT2D eigenvalue weighted by atomic mass is 79.9. The number of fused-ring (bicyclic) bond motifs is 2. The molecule has 0 aliphatic rings. The number of rotatable bonds is 5. The highest BCUT2D eigenvalue weighted by Gasteiger charge is 2.33. The third kappa shape index (κ3) is 3.93. The van der Waals surface area contributed by atoms with Crippen molar-refractivity contribution in [1.29, 1.82) is 5.26 Å². The molecule has 0 N–H and O–H groups in total. The monoisotopic (exact) mass is 493 g/mol. The number of imidazole rings is 1. The highest BCUT2D eigenvalue weighted by molar-refractivity contribution is 9.10. The summed E-state index contributed by atoms with van der Waals surface area (Å²) in [6, 6.07) is 19.8. The van der Waals surface area contributed by atoms with Gasteiger partial charge in [-0.05, 0) is 51.1 Å². The predicted octanol–water partition coefficient (Wildman–Crippen LogP) is 6.25. The number of nitriles is 1. The van der Waals surface area contributed by atoms with Crippen LogP contribution in [0.4, 0.5) is 0 Å². The number of thioether (sulfide) groups is 1. The van der Waals surface area contributed by atoms with E-state index in [0.29, 0.717) is 17.3 Å². The van der Waals surface area contributed by atoms with Crippen LogP contribution in [0.15, 0.2) is 64.2 Å². The van der Waals surface area contributed by atoms with Crippen LogP contribution in [-0.2, 0) is 9.53 Å². The van der Waals surface area contributed by atoms with Gasteiger partial charge in [-0.1, -0.05) is 52.0 Å². The number of nitrogens with zero attached hydrogens (tertiary/aromatic N) is 3. The number of ether oxygens (including phenoxy) is 1. The van der Waals surface area contributed by atoms with Gasteiger partial charge in [-0.15, -0.1) is 0 Å². The number of hydrogen-bond acceptors (Lipinski definition) is 5. The maximum absolute atomic E-state index is 12.6. The first-order valence-corrected chi connectivity index (χ1v) is 11.4. The molecule has 0 atom stereocenters. The molecule has 0 spiro atoms. The molecule has 156 valence electrons. The van der Waals surface area contributed by atoms with E-state index in [1.807, 2.05) is 68.4 Å². The van der Waals surface area contributed by atoms with Gasteiger partial charge in [0.2, 0.25) is 0 Å². The minimum Gasteiger partial charge on any atom is -0.465 e. The summed E-state index contributed by atoms with van der Waals surface area (Å²) in [6.45, 7) is 5.80. The molecule has 0 aliphatic carbocycles. The molecule has 1 aromatic heterocycles. The molecule has 5 nitrogen and oxygen atoms in total. The van der Waals surface area contributed by atoms with Crippen LogP contribution in [0, 0.1) is 11.3 Å². The van der Waals surface area contributed by atoms with Gasteiger partial charge in [0.15, 0.2) is 5.16 Å². The number of esters is 1. The van der Waals surface area contributed by atoms with Crippen molar-refractivity contribution in [2.24, 2.45) is 0 Å². The van der Waals surface area contributed by atoms with Gasteiger partial charge in [-0.25, -0.2) is 4.98 Å². The van der Waals surface area contributed by atoms with E-state index in [1.165, 1.54) is 11.8 Å². The number of aromatic nitrogens is 2. The number of hydrogen-bond donors (Lipinski definition) is 0. The lowest BCUT2D eigenvalue weighted by Crippen LogP contribution is -2.30. The standard InChI is InChI=1S/C24H20BrN3O2S/c1-4-30-22(29)24(2,3)31-23-27-19-13-16(25)10-12-21(19)28(23)20-11-9-15(14-26)17-7-5-6-8-18(17)20/h5-13H,4H2,1-3H3. The predicted molar refractivity (Wildman–Crippen MR) is 128 cm³/mol. The molecular formula is C24H20BrN3O2S. The van der Waals surface area contributed by atoms with Gasteiger partial charge in [-0.2, -0.15) is 5.26 Å². The second-order valence-electron chi connectivity index (χ2n) is 7.49. The molecule has 7 heteroatoms. The number of carbonyl (C=O) groups excluding carboxylic acids is 1.